The lowest BCUT2D eigenvalue weighted by Gasteiger charge is -2.09. The van der Waals surface area contributed by atoms with Crippen LogP contribution in [0.3, 0.4) is 0 Å². The van der Waals surface area contributed by atoms with Gasteiger partial charge in [-0.15, -0.1) is 12.6 Å². The second-order valence-corrected chi connectivity index (χ2v) is 5.85. The maximum Gasteiger partial charge on any atom is 0.256 e. The smallest absolute Gasteiger partial charge is 0.256 e. The van der Waals surface area contributed by atoms with E-state index in [1.807, 2.05) is 30.3 Å². The van der Waals surface area contributed by atoms with Crippen molar-refractivity contribution in [1.82, 2.24) is 0 Å². The highest BCUT2D eigenvalue weighted by molar-refractivity contribution is 9.10. The Labute approximate surface area is 127 Å². The first-order valence-corrected chi connectivity index (χ1v) is 7.15. The molecule has 0 aliphatic carbocycles. The molecule has 92 valence electrons. The van der Waals surface area contributed by atoms with Crippen LogP contribution in [-0.2, 0) is 0 Å². The Morgan fingerprint density at radius 3 is 2.50 bits per heavy atom. The fraction of sp³-hybridized carbons (Fsp3) is 0. The number of amides is 1. The summed E-state index contributed by atoms with van der Waals surface area (Å²) in [6.45, 7) is 0. The van der Waals surface area contributed by atoms with E-state index in [0.29, 0.717) is 10.5 Å². The fourth-order valence-corrected chi connectivity index (χ4v) is 2.69. The molecular formula is C13H9Br2NOS. The summed E-state index contributed by atoms with van der Waals surface area (Å²) in [5.41, 5.74) is 1.27. The molecule has 0 aliphatic heterocycles. The summed E-state index contributed by atoms with van der Waals surface area (Å²) in [7, 11) is 0. The van der Waals surface area contributed by atoms with Gasteiger partial charge >= 0.3 is 0 Å². The van der Waals surface area contributed by atoms with Gasteiger partial charge < -0.3 is 5.32 Å². The van der Waals surface area contributed by atoms with Crippen molar-refractivity contribution in [3.05, 3.63) is 57.0 Å². The van der Waals surface area contributed by atoms with E-state index >= 15 is 0 Å². The van der Waals surface area contributed by atoms with Crippen molar-refractivity contribution in [1.29, 1.82) is 0 Å². The van der Waals surface area contributed by atoms with Gasteiger partial charge in [-0.05, 0) is 46.3 Å². The summed E-state index contributed by atoms with van der Waals surface area (Å²) < 4.78 is 1.74. The third kappa shape index (κ3) is 3.16. The van der Waals surface area contributed by atoms with E-state index in [2.05, 4.69) is 49.8 Å². The van der Waals surface area contributed by atoms with Gasteiger partial charge in [0.2, 0.25) is 0 Å². The molecule has 18 heavy (non-hydrogen) atoms. The molecule has 0 aromatic heterocycles. The van der Waals surface area contributed by atoms with Gasteiger partial charge in [0.25, 0.3) is 5.91 Å². The number of nitrogens with one attached hydrogen (secondary N) is 1. The lowest BCUT2D eigenvalue weighted by molar-refractivity contribution is 0.102. The second-order valence-electron chi connectivity index (χ2n) is 3.60. The summed E-state index contributed by atoms with van der Waals surface area (Å²) in [6.07, 6.45) is 0. The zero-order valence-electron chi connectivity index (χ0n) is 9.15. The van der Waals surface area contributed by atoms with Gasteiger partial charge in [-0.2, -0.15) is 0 Å². The molecule has 0 aliphatic rings. The lowest BCUT2D eigenvalue weighted by atomic mass is 10.2. The molecular weight excluding hydrogens is 378 g/mol. The van der Waals surface area contributed by atoms with Crippen molar-refractivity contribution in [2.24, 2.45) is 0 Å². The van der Waals surface area contributed by atoms with Crippen LogP contribution in [0.15, 0.2) is 56.3 Å². The topological polar surface area (TPSA) is 29.1 Å². The average Bonchev–Trinajstić information content (AvgIpc) is 2.32. The number of para-hydroxylation sites is 1. The van der Waals surface area contributed by atoms with E-state index in [4.69, 9.17) is 0 Å². The van der Waals surface area contributed by atoms with E-state index in [1.165, 1.54) is 0 Å². The number of thiol groups is 1. The van der Waals surface area contributed by atoms with Crippen LogP contribution in [0.4, 0.5) is 5.69 Å². The third-order valence-electron chi connectivity index (χ3n) is 2.33. The Hall–Kier alpha value is -0.780. The Morgan fingerprint density at radius 2 is 1.83 bits per heavy atom. The zero-order chi connectivity index (χ0) is 13.1. The molecule has 0 radical (unpaired) electrons. The second kappa shape index (κ2) is 5.91. The Bertz CT molecular complexity index is 601. The molecule has 0 saturated carbocycles. The normalized spacial score (nSPS) is 10.2. The number of halogens is 2. The summed E-state index contributed by atoms with van der Waals surface area (Å²) >= 11 is 11.0. The standard InChI is InChI=1S/C13H9Br2NOS/c14-8-5-6-9(12(18)7-8)13(17)16-11-4-2-1-3-10(11)15/h1-7,18H,(H,16,17). The predicted molar refractivity (Wildman–Crippen MR) is 83.5 cm³/mol. The van der Waals surface area contributed by atoms with Gasteiger partial charge in [0.1, 0.15) is 0 Å². The minimum atomic E-state index is -0.181. The minimum Gasteiger partial charge on any atom is -0.321 e. The van der Waals surface area contributed by atoms with Crippen molar-refractivity contribution < 1.29 is 4.79 Å². The van der Waals surface area contributed by atoms with Gasteiger partial charge in [0.15, 0.2) is 0 Å². The Kier molecular flexibility index (Phi) is 4.48. The average molecular weight is 387 g/mol. The van der Waals surface area contributed by atoms with Crippen molar-refractivity contribution in [2.45, 2.75) is 4.90 Å². The van der Waals surface area contributed by atoms with Crippen LogP contribution in [0, 0.1) is 0 Å². The molecule has 0 heterocycles. The van der Waals surface area contributed by atoms with Crippen LogP contribution in [0.1, 0.15) is 10.4 Å². The third-order valence-corrected chi connectivity index (χ3v) is 3.88. The monoisotopic (exact) mass is 385 g/mol. The number of hydrogen-bond donors (Lipinski definition) is 2. The first-order chi connectivity index (χ1) is 8.58. The molecule has 0 spiro atoms. The van der Waals surface area contributed by atoms with E-state index < -0.39 is 0 Å². The first-order valence-electron chi connectivity index (χ1n) is 5.12. The van der Waals surface area contributed by atoms with Gasteiger partial charge in [-0.3, -0.25) is 4.79 Å². The predicted octanol–water partition coefficient (Wildman–Crippen LogP) is 4.75. The summed E-state index contributed by atoms with van der Waals surface area (Å²) in [5.74, 6) is -0.181. The number of carbonyl (C=O) groups excluding carboxylic acids is 1. The zero-order valence-corrected chi connectivity index (χ0v) is 13.2. The number of anilines is 1. The quantitative estimate of drug-likeness (QED) is 0.716. The molecule has 0 unspecified atom stereocenters. The first kappa shape index (κ1) is 13.6. The molecule has 0 bridgehead atoms. The minimum absolute atomic E-state index is 0.181. The molecule has 2 nitrogen and oxygen atoms in total. The SMILES string of the molecule is O=C(Nc1ccccc1Br)c1ccc(Br)cc1S. The van der Waals surface area contributed by atoms with Crippen LogP contribution >= 0.6 is 44.5 Å². The molecule has 1 N–H and O–H groups in total. The largest absolute Gasteiger partial charge is 0.321 e. The Balaban J connectivity index is 2.25. The number of rotatable bonds is 2. The maximum atomic E-state index is 12.1. The molecule has 0 atom stereocenters. The fourth-order valence-electron chi connectivity index (χ4n) is 1.45. The van der Waals surface area contributed by atoms with E-state index in [9.17, 15) is 4.79 Å². The number of carbonyl (C=O) groups is 1. The van der Waals surface area contributed by atoms with Gasteiger partial charge in [0, 0.05) is 13.8 Å². The molecule has 0 saturated heterocycles. The summed E-state index contributed by atoms with van der Waals surface area (Å²) in [4.78, 5) is 12.7. The summed E-state index contributed by atoms with van der Waals surface area (Å²) in [6, 6.07) is 12.8. The molecule has 2 aromatic carbocycles. The van der Waals surface area contributed by atoms with Crippen molar-refractivity contribution in [3.63, 3.8) is 0 Å². The van der Waals surface area contributed by atoms with Crippen molar-refractivity contribution in [3.8, 4) is 0 Å². The maximum absolute atomic E-state index is 12.1. The number of hydrogen-bond acceptors (Lipinski definition) is 2. The highest BCUT2D eigenvalue weighted by atomic mass is 79.9. The van der Waals surface area contributed by atoms with Gasteiger partial charge in [-0.1, -0.05) is 28.1 Å². The van der Waals surface area contributed by atoms with Crippen molar-refractivity contribution in [2.75, 3.05) is 5.32 Å². The van der Waals surface area contributed by atoms with E-state index in [1.54, 1.807) is 12.1 Å². The van der Waals surface area contributed by atoms with Crippen LogP contribution in [0.2, 0.25) is 0 Å². The molecule has 2 aromatic rings. The highest BCUT2D eigenvalue weighted by Crippen LogP contribution is 2.24. The van der Waals surface area contributed by atoms with Crippen molar-refractivity contribution >= 4 is 56.1 Å². The van der Waals surface area contributed by atoms with E-state index in [-0.39, 0.29) is 5.91 Å². The van der Waals surface area contributed by atoms with Crippen LogP contribution < -0.4 is 5.32 Å². The molecule has 0 fully saturated rings. The Morgan fingerprint density at radius 1 is 1.11 bits per heavy atom. The van der Waals surface area contributed by atoms with Gasteiger partial charge in [-0.25, -0.2) is 0 Å². The molecule has 1 amide bonds. The summed E-state index contributed by atoms with van der Waals surface area (Å²) in [5, 5.41) is 2.84. The highest BCUT2D eigenvalue weighted by Gasteiger charge is 2.11. The van der Waals surface area contributed by atoms with Crippen LogP contribution in [-0.4, -0.2) is 5.91 Å². The van der Waals surface area contributed by atoms with Gasteiger partial charge in [0.05, 0.1) is 11.3 Å². The van der Waals surface area contributed by atoms with E-state index in [0.717, 1.165) is 14.6 Å². The molecule has 5 heteroatoms. The van der Waals surface area contributed by atoms with Crippen LogP contribution in [0.25, 0.3) is 0 Å². The number of benzene rings is 2. The van der Waals surface area contributed by atoms with Crippen LogP contribution in [0.5, 0.6) is 0 Å². The lowest BCUT2D eigenvalue weighted by Crippen LogP contribution is -2.12. The molecule has 2 rings (SSSR count).